The smallest absolute Gasteiger partial charge is 0.339 e. The molecule has 0 unspecified atom stereocenters. The molecule has 0 fully saturated rings. The summed E-state index contributed by atoms with van der Waals surface area (Å²) >= 11 is 1.47. The first-order valence-corrected chi connectivity index (χ1v) is 7.68. The molecule has 5 heteroatoms. The van der Waals surface area contributed by atoms with Crippen LogP contribution in [-0.2, 0) is 22.7 Å². The number of aromatic nitrogens is 1. The van der Waals surface area contributed by atoms with E-state index >= 15 is 0 Å². The fourth-order valence-electron chi connectivity index (χ4n) is 2.16. The van der Waals surface area contributed by atoms with Crippen molar-refractivity contribution in [3.8, 4) is 0 Å². The first-order valence-electron chi connectivity index (χ1n) is 6.86. The highest BCUT2D eigenvalue weighted by Gasteiger charge is 2.14. The molecule has 1 heterocycles. The van der Waals surface area contributed by atoms with Crippen LogP contribution in [0.1, 0.15) is 20.9 Å². The maximum absolute atomic E-state index is 11.8. The summed E-state index contributed by atoms with van der Waals surface area (Å²) in [5, 5.41) is 0.849. The van der Waals surface area contributed by atoms with E-state index in [1.165, 1.54) is 18.4 Å². The Hall–Kier alpha value is -2.24. The van der Waals surface area contributed by atoms with E-state index < -0.39 is 0 Å². The molecule has 0 N–H and O–H groups in total. The summed E-state index contributed by atoms with van der Waals surface area (Å²) in [7, 11) is 1.38. The SMILES string of the molecule is COC(=O)c1cccc2nc(COCc3ccccc3)sc12. The lowest BCUT2D eigenvalue weighted by atomic mass is 10.2. The van der Waals surface area contributed by atoms with Crippen LogP contribution < -0.4 is 0 Å². The van der Waals surface area contributed by atoms with Crippen molar-refractivity contribution in [2.24, 2.45) is 0 Å². The fourth-order valence-corrected chi connectivity index (χ4v) is 3.16. The van der Waals surface area contributed by atoms with Gasteiger partial charge < -0.3 is 9.47 Å². The average Bonchev–Trinajstić information content (AvgIpc) is 2.98. The number of esters is 1. The second-order valence-electron chi connectivity index (χ2n) is 4.73. The zero-order chi connectivity index (χ0) is 15.4. The standard InChI is InChI=1S/C17H15NO3S/c1-20-17(19)13-8-5-9-14-16(13)22-15(18-14)11-21-10-12-6-3-2-4-7-12/h2-9H,10-11H2,1H3. The Kier molecular flexibility index (Phi) is 4.46. The van der Waals surface area contributed by atoms with E-state index in [1.54, 1.807) is 6.07 Å². The molecule has 0 aliphatic heterocycles. The van der Waals surface area contributed by atoms with Gasteiger partial charge in [-0.3, -0.25) is 0 Å². The number of carbonyl (C=O) groups excluding carboxylic acids is 1. The quantitative estimate of drug-likeness (QED) is 0.672. The number of benzene rings is 2. The Morgan fingerprint density at radius 2 is 1.91 bits per heavy atom. The highest BCUT2D eigenvalue weighted by Crippen LogP contribution is 2.27. The van der Waals surface area contributed by atoms with Crippen molar-refractivity contribution >= 4 is 27.5 Å². The van der Waals surface area contributed by atoms with Crippen LogP contribution in [0.4, 0.5) is 0 Å². The molecular formula is C17H15NO3S. The topological polar surface area (TPSA) is 48.4 Å². The molecule has 2 aromatic carbocycles. The van der Waals surface area contributed by atoms with E-state index in [0.29, 0.717) is 18.8 Å². The number of fused-ring (bicyclic) bond motifs is 1. The van der Waals surface area contributed by atoms with Gasteiger partial charge >= 0.3 is 5.97 Å². The zero-order valence-corrected chi connectivity index (χ0v) is 12.9. The number of thiazole rings is 1. The summed E-state index contributed by atoms with van der Waals surface area (Å²) in [6.45, 7) is 0.968. The molecule has 0 radical (unpaired) electrons. The zero-order valence-electron chi connectivity index (χ0n) is 12.1. The van der Waals surface area contributed by atoms with Crippen LogP contribution >= 0.6 is 11.3 Å². The van der Waals surface area contributed by atoms with Gasteiger partial charge in [0.2, 0.25) is 0 Å². The lowest BCUT2D eigenvalue weighted by molar-refractivity contribution is 0.0603. The lowest BCUT2D eigenvalue weighted by Gasteiger charge is -2.01. The van der Waals surface area contributed by atoms with Gasteiger partial charge in [0.25, 0.3) is 0 Å². The summed E-state index contributed by atoms with van der Waals surface area (Å²) in [5.74, 6) is -0.342. The van der Waals surface area contributed by atoms with E-state index in [-0.39, 0.29) is 5.97 Å². The number of hydrogen-bond acceptors (Lipinski definition) is 5. The molecule has 0 saturated heterocycles. The van der Waals surface area contributed by atoms with Gasteiger partial charge in [-0.2, -0.15) is 0 Å². The summed E-state index contributed by atoms with van der Waals surface area (Å²) in [6.07, 6.45) is 0. The van der Waals surface area contributed by atoms with E-state index in [2.05, 4.69) is 4.98 Å². The van der Waals surface area contributed by atoms with Crippen molar-refractivity contribution < 1.29 is 14.3 Å². The molecule has 0 amide bonds. The number of carbonyl (C=O) groups is 1. The molecule has 0 spiro atoms. The van der Waals surface area contributed by atoms with Gasteiger partial charge in [-0.25, -0.2) is 9.78 Å². The Balaban J connectivity index is 1.74. The predicted molar refractivity (Wildman–Crippen MR) is 85.9 cm³/mol. The Morgan fingerprint density at radius 3 is 2.68 bits per heavy atom. The maximum atomic E-state index is 11.8. The van der Waals surface area contributed by atoms with Crippen molar-refractivity contribution in [2.75, 3.05) is 7.11 Å². The van der Waals surface area contributed by atoms with Crippen molar-refractivity contribution in [2.45, 2.75) is 13.2 Å². The van der Waals surface area contributed by atoms with E-state index in [1.807, 2.05) is 42.5 Å². The molecule has 0 bridgehead atoms. The number of nitrogens with zero attached hydrogens (tertiary/aromatic N) is 1. The Bertz CT molecular complexity index is 783. The number of methoxy groups -OCH3 is 1. The van der Waals surface area contributed by atoms with Crippen molar-refractivity contribution in [3.05, 3.63) is 64.7 Å². The summed E-state index contributed by atoms with van der Waals surface area (Å²) in [4.78, 5) is 16.3. The molecule has 1 aromatic heterocycles. The molecule has 4 nitrogen and oxygen atoms in total. The normalized spacial score (nSPS) is 10.8. The second kappa shape index (κ2) is 6.68. The minimum absolute atomic E-state index is 0.342. The second-order valence-corrected chi connectivity index (χ2v) is 5.82. The predicted octanol–water partition coefficient (Wildman–Crippen LogP) is 3.80. The van der Waals surface area contributed by atoms with Gasteiger partial charge in [-0.15, -0.1) is 11.3 Å². The molecule has 3 rings (SSSR count). The molecule has 3 aromatic rings. The van der Waals surface area contributed by atoms with Crippen LogP contribution in [0, 0.1) is 0 Å². The molecule has 0 saturated carbocycles. The van der Waals surface area contributed by atoms with Crippen LogP contribution in [0.2, 0.25) is 0 Å². The minimum atomic E-state index is -0.342. The highest BCUT2D eigenvalue weighted by molar-refractivity contribution is 7.19. The Labute approximate surface area is 132 Å². The summed E-state index contributed by atoms with van der Waals surface area (Å²) < 4.78 is 11.3. The van der Waals surface area contributed by atoms with E-state index in [4.69, 9.17) is 9.47 Å². The van der Waals surface area contributed by atoms with Gasteiger partial charge in [0, 0.05) is 0 Å². The third-order valence-corrected chi connectivity index (χ3v) is 4.28. The Morgan fingerprint density at radius 1 is 1.09 bits per heavy atom. The van der Waals surface area contributed by atoms with Crippen LogP contribution in [0.5, 0.6) is 0 Å². The number of rotatable bonds is 5. The molecule has 22 heavy (non-hydrogen) atoms. The molecule has 0 aliphatic rings. The molecule has 112 valence electrons. The number of ether oxygens (including phenoxy) is 2. The third-order valence-electron chi connectivity index (χ3n) is 3.20. The largest absolute Gasteiger partial charge is 0.465 e. The van der Waals surface area contributed by atoms with Crippen molar-refractivity contribution in [1.29, 1.82) is 0 Å². The van der Waals surface area contributed by atoms with Gasteiger partial charge in [-0.05, 0) is 17.7 Å². The highest BCUT2D eigenvalue weighted by atomic mass is 32.1. The van der Waals surface area contributed by atoms with Gasteiger partial charge in [-0.1, -0.05) is 36.4 Å². The van der Waals surface area contributed by atoms with Crippen molar-refractivity contribution in [3.63, 3.8) is 0 Å². The molecule has 0 atom stereocenters. The first-order chi connectivity index (χ1) is 10.8. The molecule has 0 aliphatic carbocycles. The summed E-state index contributed by atoms with van der Waals surface area (Å²) in [5.41, 5.74) is 2.47. The van der Waals surface area contributed by atoms with E-state index in [0.717, 1.165) is 20.8 Å². The minimum Gasteiger partial charge on any atom is -0.465 e. The third kappa shape index (κ3) is 3.16. The first kappa shape index (κ1) is 14.7. The van der Waals surface area contributed by atoms with Gasteiger partial charge in [0.05, 0.1) is 36.1 Å². The van der Waals surface area contributed by atoms with E-state index in [9.17, 15) is 4.79 Å². The average molecular weight is 313 g/mol. The van der Waals surface area contributed by atoms with Crippen LogP contribution in [0.25, 0.3) is 10.2 Å². The van der Waals surface area contributed by atoms with Crippen LogP contribution in [0.3, 0.4) is 0 Å². The lowest BCUT2D eigenvalue weighted by Crippen LogP contribution is -2.00. The monoisotopic (exact) mass is 313 g/mol. The van der Waals surface area contributed by atoms with Gasteiger partial charge in [0.1, 0.15) is 5.01 Å². The van der Waals surface area contributed by atoms with Crippen LogP contribution in [-0.4, -0.2) is 18.1 Å². The maximum Gasteiger partial charge on any atom is 0.339 e. The fraction of sp³-hybridized carbons (Fsp3) is 0.176. The summed E-state index contributed by atoms with van der Waals surface area (Å²) in [6, 6.07) is 15.4. The molecular weight excluding hydrogens is 298 g/mol. The number of hydrogen-bond donors (Lipinski definition) is 0. The van der Waals surface area contributed by atoms with Crippen molar-refractivity contribution in [1.82, 2.24) is 4.98 Å². The van der Waals surface area contributed by atoms with Gasteiger partial charge in [0.15, 0.2) is 0 Å². The van der Waals surface area contributed by atoms with Crippen LogP contribution in [0.15, 0.2) is 48.5 Å².